The molecule has 3 heterocycles. The summed E-state index contributed by atoms with van der Waals surface area (Å²) in [5, 5.41) is 0. The number of aromatic nitrogens is 1. The van der Waals surface area contributed by atoms with Crippen molar-refractivity contribution in [1.82, 2.24) is 14.8 Å². The second kappa shape index (κ2) is 6.55. The van der Waals surface area contributed by atoms with Crippen LogP contribution in [0.4, 0.5) is 0 Å². The first-order chi connectivity index (χ1) is 12.6. The van der Waals surface area contributed by atoms with Crippen molar-refractivity contribution < 1.29 is 19.1 Å². The van der Waals surface area contributed by atoms with Crippen LogP contribution in [0.5, 0.6) is 11.5 Å². The number of hydrogen-bond donors (Lipinski definition) is 1. The lowest BCUT2D eigenvalue weighted by atomic mass is 10.1. The SMILES string of the molecule is O=C(c1ccc(=O)[nH]c1)N1CCN(C(=O)c2ccc3c(c2)OCO3)CC1. The smallest absolute Gasteiger partial charge is 0.255 e. The van der Waals surface area contributed by atoms with Gasteiger partial charge in [0.15, 0.2) is 11.5 Å². The van der Waals surface area contributed by atoms with Crippen molar-refractivity contribution in [2.45, 2.75) is 0 Å². The van der Waals surface area contributed by atoms with Crippen LogP contribution in [-0.4, -0.2) is 59.6 Å². The van der Waals surface area contributed by atoms with Gasteiger partial charge in [0, 0.05) is 44.0 Å². The summed E-state index contributed by atoms with van der Waals surface area (Å²) in [7, 11) is 0. The van der Waals surface area contributed by atoms with Crippen molar-refractivity contribution in [3.63, 3.8) is 0 Å². The van der Waals surface area contributed by atoms with Crippen LogP contribution in [0.3, 0.4) is 0 Å². The van der Waals surface area contributed by atoms with Crippen molar-refractivity contribution in [3.05, 3.63) is 58.0 Å². The quantitative estimate of drug-likeness (QED) is 0.856. The molecule has 0 aliphatic carbocycles. The molecule has 0 saturated carbocycles. The standard InChI is InChI=1S/C18H17N3O5/c22-16-4-2-13(10-19-16)18(24)21-7-5-20(6-8-21)17(23)12-1-3-14-15(9-12)26-11-25-14/h1-4,9-10H,5-8,11H2,(H,19,22). The molecule has 1 fully saturated rings. The normalized spacial score (nSPS) is 15.8. The number of pyridine rings is 1. The third-order valence-corrected chi connectivity index (χ3v) is 4.50. The van der Waals surface area contributed by atoms with Crippen LogP contribution in [0.25, 0.3) is 0 Å². The zero-order valence-corrected chi connectivity index (χ0v) is 13.9. The molecule has 1 aromatic carbocycles. The lowest BCUT2D eigenvalue weighted by Gasteiger charge is -2.34. The van der Waals surface area contributed by atoms with E-state index >= 15 is 0 Å². The van der Waals surface area contributed by atoms with Gasteiger partial charge in [-0.05, 0) is 24.3 Å². The number of nitrogens with zero attached hydrogens (tertiary/aromatic N) is 2. The third kappa shape index (κ3) is 3.01. The number of carbonyl (C=O) groups excluding carboxylic acids is 2. The number of H-pyrrole nitrogens is 1. The number of nitrogens with one attached hydrogen (secondary N) is 1. The summed E-state index contributed by atoms with van der Waals surface area (Å²) in [5.74, 6) is 0.955. The minimum Gasteiger partial charge on any atom is -0.454 e. The minimum absolute atomic E-state index is 0.0977. The molecular formula is C18H17N3O5. The van der Waals surface area contributed by atoms with Crippen LogP contribution < -0.4 is 15.0 Å². The van der Waals surface area contributed by atoms with Crippen LogP contribution in [0.15, 0.2) is 41.3 Å². The number of hydrogen-bond acceptors (Lipinski definition) is 5. The van der Waals surface area contributed by atoms with E-state index in [1.807, 2.05) is 0 Å². The average Bonchev–Trinajstić information content (AvgIpc) is 3.15. The van der Waals surface area contributed by atoms with Crippen LogP contribution in [-0.2, 0) is 0 Å². The summed E-state index contributed by atoms with van der Waals surface area (Å²) in [4.78, 5) is 42.1. The molecule has 8 nitrogen and oxygen atoms in total. The van der Waals surface area contributed by atoms with E-state index < -0.39 is 0 Å². The molecule has 0 radical (unpaired) electrons. The molecule has 1 saturated heterocycles. The molecule has 0 spiro atoms. The van der Waals surface area contributed by atoms with Crippen molar-refractivity contribution in [3.8, 4) is 11.5 Å². The topological polar surface area (TPSA) is 91.9 Å². The van der Waals surface area contributed by atoms with Crippen LogP contribution in [0, 0.1) is 0 Å². The Bertz CT molecular complexity index is 895. The van der Waals surface area contributed by atoms with E-state index in [9.17, 15) is 14.4 Å². The Balaban J connectivity index is 1.40. The summed E-state index contributed by atoms with van der Waals surface area (Å²) in [6.45, 7) is 1.94. The van der Waals surface area contributed by atoms with Gasteiger partial charge in [-0.2, -0.15) is 0 Å². The Hall–Kier alpha value is -3.29. The number of benzene rings is 1. The molecular weight excluding hydrogens is 338 g/mol. The number of rotatable bonds is 2. The Morgan fingerprint density at radius 2 is 1.46 bits per heavy atom. The summed E-state index contributed by atoms with van der Waals surface area (Å²) >= 11 is 0. The van der Waals surface area contributed by atoms with Gasteiger partial charge in [-0.1, -0.05) is 0 Å². The molecule has 2 aromatic rings. The molecule has 2 amide bonds. The lowest BCUT2D eigenvalue weighted by molar-refractivity contribution is 0.0535. The molecule has 0 atom stereocenters. The molecule has 2 aliphatic heterocycles. The molecule has 1 N–H and O–H groups in total. The van der Waals surface area contributed by atoms with Gasteiger partial charge in [0.25, 0.3) is 11.8 Å². The fraction of sp³-hybridized carbons (Fsp3) is 0.278. The molecule has 2 aliphatic rings. The number of piperazine rings is 1. The zero-order chi connectivity index (χ0) is 18.1. The average molecular weight is 355 g/mol. The predicted molar refractivity (Wildman–Crippen MR) is 91.4 cm³/mol. The highest BCUT2D eigenvalue weighted by atomic mass is 16.7. The number of fused-ring (bicyclic) bond motifs is 1. The van der Waals surface area contributed by atoms with Crippen LogP contribution in [0.2, 0.25) is 0 Å². The van der Waals surface area contributed by atoms with Gasteiger partial charge in [-0.25, -0.2) is 0 Å². The van der Waals surface area contributed by atoms with Gasteiger partial charge in [-0.15, -0.1) is 0 Å². The first-order valence-corrected chi connectivity index (χ1v) is 8.29. The van der Waals surface area contributed by atoms with Crippen molar-refractivity contribution in [1.29, 1.82) is 0 Å². The second-order valence-corrected chi connectivity index (χ2v) is 6.09. The van der Waals surface area contributed by atoms with Gasteiger partial charge in [0.05, 0.1) is 5.56 Å². The first kappa shape index (κ1) is 16.2. The number of carbonyl (C=O) groups is 2. The Kier molecular flexibility index (Phi) is 4.08. The monoisotopic (exact) mass is 355 g/mol. The highest BCUT2D eigenvalue weighted by molar-refractivity contribution is 5.96. The fourth-order valence-electron chi connectivity index (χ4n) is 3.05. The molecule has 0 bridgehead atoms. The van der Waals surface area contributed by atoms with Crippen molar-refractivity contribution in [2.75, 3.05) is 33.0 Å². The molecule has 26 heavy (non-hydrogen) atoms. The van der Waals surface area contributed by atoms with E-state index in [1.165, 1.54) is 18.3 Å². The van der Waals surface area contributed by atoms with E-state index in [1.54, 1.807) is 28.0 Å². The fourth-order valence-corrected chi connectivity index (χ4v) is 3.05. The second-order valence-electron chi connectivity index (χ2n) is 6.09. The van der Waals surface area contributed by atoms with E-state index in [0.29, 0.717) is 48.8 Å². The molecule has 4 rings (SSSR count). The Morgan fingerprint density at radius 3 is 2.12 bits per heavy atom. The van der Waals surface area contributed by atoms with Gasteiger partial charge in [0.2, 0.25) is 12.4 Å². The van der Waals surface area contributed by atoms with E-state index in [-0.39, 0.29) is 24.2 Å². The Morgan fingerprint density at radius 1 is 0.846 bits per heavy atom. The predicted octanol–water partition coefficient (Wildman–Crippen LogP) is 0.702. The maximum absolute atomic E-state index is 12.7. The third-order valence-electron chi connectivity index (χ3n) is 4.50. The zero-order valence-electron chi connectivity index (χ0n) is 13.9. The van der Waals surface area contributed by atoms with Crippen molar-refractivity contribution in [2.24, 2.45) is 0 Å². The van der Waals surface area contributed by atoms with E-state index in [2.05, 4.69) is 4.98 Å². The molecule has 134 valence electrons. The van der Waals surface area contributed by atoms with Gasteiger partial charge < -0.3 is 24.3 Å². The number of ether oxygens (including phenoxy) is 2. The molecule has 0 unspecified atom stereocenters. The molecule has 8 heteroatoms. The lowest BCUT2D eigenvalue weighted by Crippen LogP contribution is -2.50. The first-order valence-electron chi connectivity index (χ1n) is 8.29. The maximum Gasteiger partial charge on any atom is 0.255 e. The van der Waals surface area contributed by atoms with Gasteiger partial charge >= 0.3 is 0 Å². The summed E-state index contributed by atoms with van der Waals surface area (Å²) < 4.78 is 10.6. The highest BCUT2D eigenvalue weighted by Gasteiger charge is 2.26. The maximum atomic E-state index is 12.7. The van der Waals surface area contributed by atoms with Crippen molar-refractivity contribution >= 4 is 11.8 Å². The van der Waals surface area contributed by atoms with Crippen LogP contribution >= 0.6 is 0 Å². The summed E-state index contributed by atoms with van der Waals surface area (Å²) in [5.41, 5.74) is 0.718. The minimum atomic E-state index is -0.249. The largest absolute Gasteiger partial charge is 0.454 e. The number of amides is 2. The van der Waals surface area contributed by atoms with Gasteiger partial charge in [-0.3, -0.25) is 14.4 Å². The van der Waals surface area contributed by atoms with E-state index in [0.717, 1.165) is 0 Å². The van der Waals surface area contributed by atoms with E-state index in [4.69, 9.17) is 9.47 Å². The van der Waals surface area contributed by atoms with Crippen LogP contribution in [0.1, 0.15) is 20.7 Å². The summed E-state index contributed by atoms with van der Waals surface area (Å²) in [6.07, 6.45) is 1.41. The number of aromatic amines is 1. The highest BCUT2D eigenvalue weighted by Crippen LogP contribution is 2.32. The molecule has 1 aromatic heterocycles. The summed E-state index contributed by atoms with van der Waals surface area (Å²) in [6, 6.07) is 7.96. The Labute approximate surface area is 148 Å². The van der Waals surface area contributed by atoms with Gasteiger partial charge in [0.1, 0.15) is 0 Å².